The third-order valence-corrected chi connectivity index (χ3v) is 3.94. The van der Waals surface area contributed by atoms with Crippen LogP contribution in [0, 0.1) is 0 Å². The van der Waals surface area contributed by atoms with Crippen LogP contribution in [0.2, 0.25) is 5.28 Å². The first-order valence-corrected chi connectivity index (χ1v) is 7.81. The molecule has 0 saturated carbocycles. The number of fused-ring (bicyclic) bond motifs is 1. The van der Waals surface area contributed by atoms with Crippen LogP contribution in [0.4, 0.5) is 5.82 Å². The molecule has 0 aromatic carbocycles. The zero-order valence-electron chi connectivity index (χ0n) is 13.4. The molecule has 1 fully saturated rings. The normalized spacial score (nSPS) is 25.6. The summed E-state index contributed by atoms with van der Waals surface area (Å²) in [6.45, 7) is -0.847. The van der Waals surface area contributed by atoms with Crippen LogP contribution >= 0.6 is 11.6 Å². The number of hydrogen-bond acceptors (Lipinski definition) is 11. The standard InChI is InChI=1S/C13H16ClN5O7/c1-24-6(21)3-25-18-10-7-11(17-13(14)16-10)19(4-15-7)12-9(23)8(22)5(2-20)26-12/h4-5,8-9,12,20,22-23H,2-3H2,1H3,(H,16,17,18)/t5-,8?,9?,12-/m1/s1. The maximum absolute atomic E-state index is 11.1. The Balaban J connectivity index is 1.89. The fourth-order valence-electron chi connectivity index (χ4n) is 2.48. The van der Waals surface area contributed by atoms with Gasteiger partial charge in [-0.15, -0.1) is 0 Å². The molecule has 4 atom stereocenters. The third kappa shape index (κ3) is 3.42. The molecule has 142 valence electrons. The number of carbonyl (C=O) groups is 1. The second-order valence-corrected chi connectivity index (χ2v) is 5.70. The van der Waals surface area contributed by atoms with E-state index in [1.165, 1.54) is 18.0 Å². The van der Waals surface area contributed by atoms with Gasteiger partial charge in [-0.3, -0.25) is 9.40 Å². The first-order valence-electron chi connectivity index (χ1n) is 7.43. The van der Waals surface area contributed by atoms with Gasteiger partial charge in [-0.05, 0) is 11.6 Å². The van der Waals surface area contributed by atoms with E-state index in [-0.39, 0.29) is 28.9 Å². The minimum absolute atomic E-state index is 0.0781. The van der Waals surface area contributed by atoms with Crippen molar-refractivity contribution in [2.45, 2.75) is 24.5 Å². The number of anilines is 1. The van der Waals surface area contributed by atoms with Gasteiger partial charge in [-0.2, -0.15) is 9.97 Å². The van der Waals surface area contributed by atoms with Crippen LogP contribution in [-0.2, 0) is 19.1 Å². The molecule has 26 heavy (non-hydrogen) atoms. The van der Waals surface area contributed by atoms with Gasteiger partial charge in [0.05, 0.1) is 20.0 Å². The molecule has 0 radical (unpaired) electrons. The number of esters is 1. The Morgan fingerprint density at radius 1 is 1.42 bits per heavy atom. The van der Waals surface area contributed by atoms with E-state index in [9.17, 15) is 20.1 Å². The number of halogens is 1. The van der Waals surface area contributed by atoms with Crippen molar-refractivity contribution in [2.75, 3.05) is 25.8 Å². The number of ether oxygens (including phenoxy) is 2. The van der Waals surface area contributed by atoms with Gasteiger partial charge in [0, 0.05) is 0 Å². The van der Waals surface area contributed by atoms with Crippen molar-refractivity contribution < 1.29 is 34.4 Å². The molecular formula is C13H16ClN5O7. The van der Waals surface area contributed by atoms with Crippen LogP contribution in [0.5, 0.6) is 0 Å². The number of aromatic nitrogens is 4. The summed E-state index contributed by atoms with van der Waals surface area (Å²) in [5, 5.41) is 29.1. The summed E-state index contributed by atoms with van der Waals surface area (Å²) in [5.74, 6) is -0.527. The van der Waals surface area contributed by atoms with E-state index in [2.05, 4.69) is 25.2 Å². The Labute approximate surface area is 151 Å². The molecule has 4 N–H and O–H groups in total. The van der Waals surface area contributed by atoms with E-state index in [0.29, 0.717) is 0 Å². The first kappa shape index (κ1) is 18.7. The second-order valence-electron chi connectivity index (χ2n) is 5.36. The summed E-state index contributed by atoms with van der Waals surface area (Å²) in [6.07, 6.45) is -3.28. The number of aliphatic hydroxyl groups excluding tert-OH is 3. The zero-order chi connectivity index (χ0) is 18.8. The van der Waals surface area contributed by atoms with Gasteiger partial charge >= 0.3 is 5.97 Å². The highest BCUT2D eigenvalue weighted by atomic mass is 35.5. The van der Waals surface area contributed by atoms with E-state index in [0.717, 1.165) is 0 Å². The number of rotatable bonds is 6. The fourth-order valence-corrected chi connectivity index (χ4v) is 2.64. The molecule has 2 aromatic rings. The highest BCUT2D eigenvalue weighted by Gasteiger charge is 2.44. The van der Waals surface area contributed by atoms with Crippen molar-refractivity contribution in [3.63, 3.8) is 0 Å². The highest BCUT2D eigenvalue weighted by Crippen LogP contribution is 2.32. The minimum atomic E-state index is -1.31. The maximum Gasteiger partial charge on any atom is 0.334 e. The van der Waals surface area contributed by atoms with E-state index in [1.54, 1.807) is 0 Å². The van der Waals surface area contributed by atoms with E-state index in [1.807, 2.05) is 0 Å². The van der Waals surface area contributed by atoms with Gasteiger partial charge in [-0.1, -0.05) is 0 Å². The number of methoxy groups -OCH3 is 1. The highest BCUT2D eigenvalue weighted by molar-refractivity contribution is 6.28. The van der Waals surface area contributed by atoms with E-state index >= 15 is 0 Å². The average molecular weight is 390 g/mol. The number of aliphatic hydroxyl groups is 3. The molecule has 13 heteroatoms. The van der Waals surface area contributed by atoms with Gasteiger partial charge in [0.25, 0.3) is 0 Å². The SMILES string of the molecule is COC(=O)CONc1nc(Cl)nc2c1ncn2[C@@H]1O[C@H](CO)C(O)C1O. The molecule has 1 aliphatic heterocycles. The van der Waals surface area contributed by atoms with Gasteiger partial charge in [0.2, 0.25) is 5.28 Å². The lowest BCUT2D eigenvalue weighted by molar-refractivity contribution is -0.144. The van der Waals surface area contributed by atoms with Crippen LogP contribution in [-0.4, -0.2) is 79.4 Å². The van der Waals surface area contributed by atoms with Crippen LogP contribution < -0.4 is 5.48 Å². The summed E-state index contributed by atoms with van der Waals surface area (Å²) in [5.41, 5.74) is 2.84. The van der Waals surface area contributed by atoms with Crippen molar-refractivity contribution in [1.82, 2.24) is 19.5 Å². The summed E-state index contributed by atoms with van der Waals surface area (Å²) in [6, 6.07) is 0. The summed E-state index contributed by atoms with van der Waals surface area (Å²) < 4.78 is 11.2. The Hall–Kier alpha value is -2.09. The number of carbonyl (C=O) groups excluding carboxylic acids is 1. The van der Waals surface area contributed by atoms with Crippen molar-refractivity contribution >= 4 is 34.6 Å². The van der Waals surface area contributed by atoms with Crippen LogP contribution in [0.1, 0.15) is 6.23 Å². The smallest absolute Gasteiger partial charge is 0.334 e. The van der Waals surface area contributed by atoms with Crippen LogP contribution in [0.25, 0.3) is 11.2 Å². The zero-order valence-corrected chi connectivity index (χ0v) is 14.2. The predicted molar refractivity (Wildman–Crippen MR) is 84.9 cm³/mol. The molecule has 0 spiro atoms. The maximum atomic E-state index is 11.1. The van der Waals surface area contributed by atoms with Gasteiger partial charge in [0.15, 0.2) is 29.8 Å². The first-order chi connectivity index (χ1) is 12.5. The number of nitrogens with one attached hydrogen (secondary N) is 1. The Morgan fingerprint density at radius 3 is 2.85 bits per heavy atom. The van der Waals surface area contributed by atoms with Gasteiger partial charge in [0.1, 0.15) is 18.3 Å². The van der Waals surface area contributed by atoms with E-state index in [4.69, 9.17) is 21.2 Å². The lowest BCUT2D eigenvalue weighted by Gasteiger charge is -2.16. The van der Waals surface area contributed by atoms with Gasteiger partial charge in [-0.25, -0.2) is 15.3 Å². The number of imidazole rings is 1. The molecule has 0 amide bonds. The summed E-state index contributed by atoms with van der Waals surface area (Å²) in [4.78, 5) is 28.1. The van der Waals surface area contributed by atoms with Crippen LogP contribution in [0.15, 0.2) is 6.33 Å². The molecule has 2 unspecified atom stereocenters. The summed E-state index contributed by atoms with van der Waals surface area (Å²) in [7, 11) is 1.22. The molecule has 3 heterocycles. The molecule has 0 bridgehead atoms. The Kier molecular flexibility index (Phi) is 5.50. The lowest BCUT2D eigenvalue weighted by atomic mass is 10.1. The number of hydrogen-bond donors (Lipinski definition) is 4. The molecule has 1 saturated heterocycles. The van der Waals surface area contributed by atoms with Crippen molar-refractivity contribution in [2.24, 2.45) is 0 Å². The molecular weight excluding hydrogens is 374 g/mol. The number of nitrogens with zero attached hydrogens (tertiary/aromatic N) is 4. The van der Waals surface area contributed by atoms with Crippen molar-refractivity contribution in [3.8, 4) is 0 Å². The predicted octanol–water partition coefficient (Wildman–Crippen LogP) is -1.39. The molecule has 12 nitrogen and oxygen atoms in total. The molecule has 3 rings (SSSR count). The molecule has 2 aromatic heterocycles. The van der Waals surface area contributed by atoms with Crippen molar-refractivity contribution in [1.29, 1.82) is 0 Å². The Morgan fingerprint density at radius 2 is 2.19 bits per heavy atom. The quantitative estimate of drug-likeness (QED) is 0.261. The molecule has 0 aliphatic carbocycles. The topological polar surface area (TPSA) is 161 Å². The second kappa shape index (κ2) is 7.65. The monoisotopic (exact) mass is 389 g/mol. The lowest BCUT2D eigenvalue weighted by Crippen LogP contribution is -2.33. The van der Waals surface area contributed by atoms with Crippen LogP contribution in [0.3, 0.4) is 0 Å². The Bertz CT molecular complexity index is 803. The minimum Gasteiger partial charge on any atom is -0.467 e. The molecule has 1 aliphatic rings. The fraction of sp³-hybridized carbons (Fsp3) is 0.538. The largest absolute Gasteiger partial charge is 0.467 e. The summed E-state index contributed by atoms with van der Waals surface area (Å²) >= 11 is 5.91. The van der Waals surface area contributed by atoms with Gasteiger partial charge < -0.3 is 24.8 Å². The third-order valence-electron chi connectivity index (χ3n) is 3.77. The van der Waals surface area contributed by atoms with Crippen molar-refractivity contribution in [3.05, 3.63) is 11.6 Å². The van der Waals surface area contributed by atoms with E-state index < -0.39 is 37.1 Å². The average Bonchev–Trinajstić information content (AvgIpc) is 3.16.